The average Bonchev–Trinajstić information content (AvgIpc) is 2.96. The molecule has 1 aromatic carbocycles. The Hall–Kier alpha value is -2.77. The molecule has 3 rings (SSSR count). The Morgan fingerprint density at radius 3 is 2.80 bits per heavy atom. The number of nitrogens with zero attached hydrogens (tertiary/aromatic N) is 2. The second-order valence-electron chi connectivity index (χ2n) is 5.53. The fraction of sp³-hybridized carbons (Fsp3) is 0.294. The molecule has 1 aliphatic rings. The zero-order valence-electron chi connectivity index (χ0n) is 13.3. The fourth-order valence-corrected chi connectivity index (χ4v) is 2.54. The predicted molar refractivity (Wildman–Crippen MR) is 82.8 cm³/mol. The third-order valence-electron chi connectivity index (χ3n) is 3.88. The van der Waals surface area contributed by atoms with Crippen LogP contribution in [0.4, 0.5) is 18.0 Å². The van der Waals surface area contributed by atoms with Crippen molar-refractivity contribution in [1.82, 2.24) is 9.88 Å². The first-order chi connectivity index (χ1) is 11.9. The third-order valence-corrected chi connectivity index (χ3v) is 3.88. The first kappa shape index (κ1) is 17.1. The van der Waals surface area contributed by atoms with Gasteiger partial charge in [0.2, 0.25) is 0 Å². The number of cyclic esters (lactones) is 1. The van der Waals surface area contributed by atoms with Crippen LogP contribution in [-0.2, 0) is 11.3 Å². The van der Waals surface area contributed by atoms with Crippen molar-refractivity contribution in [2.75, 3.05) is 13.2 Å². The number of carbonyl (C=O) groups excluding carboxylic acids is 1. The molecule has 2 heterocycles. The minimum absolute atomic E-state index is 0.326. The van der Waals surface area contributed by atoms with Gasteiger partial charge in [-0.3, -0.25) is 4.98 Å². The van der Waals surface area contributed by atoms with Gasteiger partial charge in [-0.25, -0.2) is 9.18 Å². The van der Waals surface area contributed by atoms with E-state index >= 15 is 0 Å². The number of pyridine rings is 1. The Kier molecular flexibility index (Phi) is 4.78. The van der Waals surface area contributed by atoms with Crippen LogP contribution < -0.4 is 4.74 Å². The van der Waals surface area contributed by atoms with Gasteiger partial charge in [-0.2, -0.15) is 8.78 Å². The lowest BCUT2D eigenvalue weighted by molar-refractivity contribution is -0.0521. The second-order valence-corrected chi connectivity index (χ2v) is 5.53. The number of amides is 1. The molecule has 1 aliphatic heterocycles. The van der Waals surface area contributed by atoms with E-state index in [0.717, 1.165) is 17.3 Å². The zero-order valence-corrected chi connectivity index (χ0v) is 13.3. The molecule has 0 spiro atoms. The van der Waals surface area contributed by atoms with Crippen molar-refractivity contribution < 1.29 is 27.4 Å². The Labute approximate surface area is 142 Å². The van der Waals surface area contributed by atoms with E-state index < -0.39 is 18.2 Å². The van der Waals surface area contributed by atoms with Gasteiger partial charge in [-0.1, -0.05) is 6.07 Å². The van der Waals surface area contributed by atoms with E-state index in [1.165, 1.54) is 12.1 Å². The highest BCUT2D eigenvalue weighted by atomic mass is 19.3. The third kappa shape index (κ3) is 3.84. The van der Waals surface area contributed by atoms with Crippen molar-refractivity contribution in [1.29, 1.82) is 0 Å². The van der Waals surface area contributed by atoms with Gasteiger partial charge in [0.25, 0.3) is 0 Å². The maximum atomic E-state index is 13.6. The molecule has 0 aliphatic carbocycles. The van der Waals surface area contributed by atoms with Crippen molar-refractivity contribution in [3.63, 3.8) is 0 Å². The number of alkyl halides is 2. The van der Waals surface area contributed by atoms with Crippen molar-refractivity contribution >= 4 is 6.09 Å². The van der Waals surface area contributed by atoms with E-state index in [4.69, 9.17) is 4.74 Å². The van der Waals surface area contributed by atoms with Gasteiger partial charge in [0.15, 0.2) is 11.6 Å². The molecule has 132 valence electrons. The molecule has 0 unspecified atom stereocenters. The lowest BCUT2D eigenvalue weighted by Crippen LogP contribution is -2.24. The van der Waals surface area contributed by atoms with Crippen LogP contribution in [0.2, 0.25) is 0 Å². The maximum Gasteiger partial charge on any atom is 0.410 e. The summed E-state index contributed by atoms with van der Waals surface area (Å²) in [6.45, 7) is -0.149. The summed E-state index contributed by atoms with van der Waals surface area (Å²) in [5, 5.41) is 0. The average molecular weight is 352 g/mol. The molecule has 0 N–H and O–H groups in total. The lowest BCUT2D eigenvalue weighted by atomic mass is 10.0. The number of hydrogen-bond acceptors (Lipinski definition) is 4. The van der Waals surface area contributed by atoms with Crippen LogP contribution in [0, 0.1) is 12.7 Å². The van der Waals surface area contributed by atoms with Crippen LogP contribution in [-0.4, -0.2) is 35.7 Å². The summed E-state index contributed by atoms with van der Waals surface area (Å²) in [5.41, 5.74) is 2.61. The molecule has 25 heavy (non-hydrogen) atoms. The first-order valence-electron chi connectivity index (χ1n) is 7.56. The Balaban J connectivity index is 1.90. The van der Waals surface area contributed by atoms with Crippen molar-refractivity contribution in [3.8, 4) is 16.9 Å². The molecule has 1 aromatic heterocycles. The summed E-state index contributed by atoms with van der Waals surface area (Å²) >= 11 is 0. The minimum Gasteiger partial charge on any atom is -0.448 e. The molecule has 5 nitrogen and oxygen atoms in total. The van der Waals surface area contributed by atoms with Crippen molar-refractivity contribution in [2.45, 2.75) is 20.1 Å². The quantitative estimate of drug-likeness (QED) is 0.822. The normalized spacial score (nSPS) is 14.1. The van der Waals surface area contributed by atoms with Gasteiger partial charge in [-0.15, -0.1) is 0 Å². The standard InChI is InChI=1S/C17H15F3N2O3/c1-10-13(9-22-4-5-24-17(22)23)6-12(8-21-10)11-2-3-14(18)15(7-11)25-16(19)20/h2-3,6-8,16H,4-5,9H2,1H3. The Morgan fingerprint density at radius 1 is 1.32 bits per heavy atom. The maximum absolute atomic E-state index is 13.6. The van der Waals surface area contributed by atoms with E-state index in [0.29, 0.717) is 30.8 Å². The number of rotatable bonds is 5. The summed E-state index contributed by atoms with van der Waals surface area (Å²) in [6, 6.07) is 5.49. The predicted octanol–water partition coefficient (Wildman–Crippen LogP) is 3.75. The van der Waals surface area contributed by atoms with E-state index in [2.05, 4.69) is 9.72 Å². The topological polar surface area (TPSA) is 51.7 Å². The van der Waals surface area contributed by atoms with Crippen LogP contribution in [0.5, 0.6) is 5.75 Å². The van der Waals surface area contributed by atoms with Crippen LogP contribution in [0.1, 0.15) is 11.3 Å². The van der Waals surface area contributed by atoms with Crippen molar-refractivity contribution in [3.05, 3.63) is 47.5 Å². The first-order valence-corrected chi connectivity index (χ1v) is 7.56. The van der Waals surface area contributed by atoms with Crippen LogP contribution in [0.25, 0.3) is 11.1 Å². The molecule has 1 saturated heterocycles. The second kappa shape index (κ2) is 7.00. The van der Waals surface area contributed by atoms with E-state index in [9.17, 15) is 18.0 Å². The lowest BCUT2D eigenvalue weighted by Gasteiger charge is -2.15. The van der Waals surface area contributed by atoms with Gasteiger partial charge in [0.1, 0.15) is 6.61 Å². The number of halogens is 3. The number of ether oxygens (including phenoxy) is 2. The van der Waals surface area contributed by atoms with Gasteiger partial charge >= 0.3 is 12.7 Å². The van der Waals surface area contributed by atoms with Crippen LogP contribution >= 0.6 is 0 Å². The highest BCUT2D eigenvalue weighted by Gasteiger charge is 2.23. The van der Waals surface area contributed by atoms with Gasteiger partial charge in [0.05, 0.1) is 13.1 Å². The van der Waals surface area contributed by atoms with Gasteiger partial charge < -0.3 is 14.4 Å². The van der Waals surface area contributed by atoms with Gasteiger partial charge in [0, 0.05) is 17.5 Å². The molecule has 0 bridgehead atoms. The summed E-state index contributed by atoms with van der Waals surface area (Å²) < 4.78 is 47.4. The fourth-order valence-electron chi connectivity index (χ4n) is 2.54. The largest absolute Gasteiger partial charge is 0.448 e. The molecule has 0 saturated carbocycles. The highest BCUT2D eigenvalue weighted by molar-refractivity contribution is 5.70. The summed E-state index contributed by atoms with van der Waals surface area (Å²) in [7, 11) is 0. The Bertz CT molecular complexity index is 799. The molecule has 0 radical (unpaired) electrons. The molecule has 1 amide bonds. The summed E-state index contributed by atoms with van der Waals surface area (Å²) in [4.78, 5) is 17.4. The number of aromatic nitrogens is 1. The van der Waals surface area contributed by atoms with E-state index in [-0.39, 0.29) is 6.09 Å². The van der Waals surface area contributed by atoms with Crippen molar-refractivity contribution in [2.24, 2.45) is 0 Å². The zero-order chi connectivity index (χ0) is 18.0. The van der Waals surface area contributed by atoms with E-state index in [1.807, 2.05) is 0 Å². The van der Waals surface area contributed by atoms with Gasteiger partial charge in [-0.05, 0) is 36.2 Å². The molecule has 0 atom stereocenters. The molecular formula is C17H15F3N2O3. The smallest absolute Gasteiger partial charge is 0.410 e. The monoisotopic (exact) mass is 352 g/mol. The summed E-state index contributed by atoms with van der Waals surface area (Å²) in [6.07, 6.45) is 1.17. The van der Waals surface area contributed by atoms with Crippen LogP contribution in [0.3, 0.4) is 0 Å². The Morgan fingerprint density at radius 2 is 2.12 bits per heavy atom. The number of carbonyl (C=O) groups is 1. The molecule has 8 heteroatoms. The highest BCUT2D eigenvalue weighted by Crippen LogP contribution is 2.28. The molecule has 2 aromatic rings. The number of hydrogen-bond donors (Lipinski definition) is 0. The van der Waals surface area contributed by atoms with E-state index in [1.54, 1.807) is 24.1 Å². The van der Waals surface area contributed by atoms with Crippen LogP contribution in [0.15, 0.2) is 30.5 Å². The SMILES string of the molecule is Cc1ncc(-c2ccc(F)c(OC(F)F)c2)cc1CN1CCOC1=O. The number of benzene rings is 1. The minimum atomic E-state index is -3.11. The molecule has 1 fully saturated rings. The number of aryl methyl sites for hydroxylation is 1. The summed E-state index contributed by atoms with van der Waals surface area (Å²) in [5.74, 6) is -1.40. The molecular weight excluding hydrogens is 337 g/mol.